The second kappa shape index (κ2) is 11.1. The molecule has 0 aliphatic rings. The van der Waals surface area contributed by atoms with E-state index in [1.54, 1.807) is 0 Å². The van der Waals surface area contributed by atoms with Gasteiger partial charge in [-0.3, -0.25) is 9.59 Å². The third-order valence-electron chi connectivity index (χ3n) is 2.76. The van der Waals surface area contributed by atoms with Crippen LogP contribution in [0.25, 0.3) is 0 Å². The van der Waals surface area contributed by atoms with Gasteiger partial charge < -0.3 is 15.2 Å². The zero-order valence-electron chi connectivity index (χ0n) is 12.2. The Bertz CT molecular complexity index is 273. The molecule has 2 N–H and O–H groups in total. The lowest BCUT2D eigenvalue weighted by molar-refractivity contribution is -0.151. The highest BCUT2D eigenvalue weighted by Crippen LogP contribution is 2.05. The molecule has 0 amide bonds. The minimum Gasteiger partial charge on any atom is -0.463 e. The normalized spacial score (nSPS) is 14.8. The fourth-order valence-electron chi connectivity index (χ4n) is 1.13. The average molecular weight is 296 g/mol. The molecule has 0 aromatic heterocycles. The molecular weight excluding hydrogens is 270 g/mol. The van der Waals surface area contributed by atoms with Crippen LogP contribution in [0, 0.1) is 0 Å². The van der Waals surface area contributed by atoms with Gasteiger partial charge in [0.15, 0.2) is 0 Å². The maximum atomic E-state index is 11.5. The largest absolute Gasteiger partial charge is 0.463 e. The number of hydrogen-bond donors (Lipinski definition) is 1. The average Bonchev–Trinajstić information content (AvgIpc) is 2.35. The first-order valence-electron chi connectivity index (χ1n) is 6.56. The van der Waals surface area contributed by atoms with Gasteiger partial charge in [-0.2, -0.15) is 0 Å². The van der Waals surface area contributed by atoms with Crippen molar-refractivity contribution in [3.63, 3.8) is 0 Å². The zero-order valence-corrected chi connectivity index (χ0v) is 13.0. The predicted octanol–water partition coefficient (Wildman–Crippen LogP) is 2.20. The molecule has 114 valence electrons. The Morgan fingerprint density at radius 1 is 1.05 bits per heavy atom. The van der Waals surface area contributed by atoms with Gasteiger partial charge in [0.2, 0.25) is 0 Å². The van der Waals surface area contributed by atoms with Crippen molar-refractivity contribution >= 4 is 24.3 Å². The molecule has 3 atom stereocenters. The summed E-state index contributed by atoms with van der Waals surface area (Å²) in [6.45, 7) is 7.50. The standard InChI is InChI=1S/C13H25NO4.ClH/c1-5-9(3)17-12(15)8-7-11(14)13(16)18-10(4)6-2;/h9-11H,5-8,14H2,1-4H3;1H/t9?,10?,11-;/m0./s1. The number of hydrogen-bond acceptors (Lipinski definition) is 5. The highest BCUT2D eigenvalue weighted by atomic mass is 35.5. The van der Waals surface area contributed by atoms with E-state index in [4.69, 9.17) is 15.2 Å². The maximum absolute atomic E-state index is 11.5. The Morgan fingerprint density at radius 2 is 1.53 bits per heavy atom. The minimum absolute atomic E-state index is 0. The van der Waals surface area contributed by atoms with Crippen molar-refractivity contribution in [3.8, 4) is 0 Å². The lowest BCUT2D eigenvalue weighted by Crippen LogP contribution is -2.35. The molecule has 0 aromatic rings. The van der Waals surface area contributed by atoms with Crippen LogP contribution in [-0.4, -0.2) is 30.2 Å². The van der Waals surface area contributed by atoms with Gasteiger partial charge in [-0.1, -0.05) is 13.8 Å². The van der Waals surface area contributed by atoms with E-state index < -0.39 is 12.0 Å². The van der Waals surface area contributed by atoms with Crippen molar-refractivity contribution in [2.75, 3.05) is 0 Å². The molecule has 0 bridgehead atoms. The predicted molar refractivity (Wildman–Crippen MR) is 76.1 cm³/mol. The Kier molecular flexibility index (Phi) is 11.9. The molecule has 0 radical (unpaired) electrons. The van der Waals surface area contributed by atoms with Crippen molar-refractivity contribution < 1.29 is 19.1 Å². The van der Waals surface area contributed by atoms with Crippen molar-refractivity contribution in [1.29, 1.82) is 0 Å². The molecule has 0 spiro atoms. The van der Waals surface area contributed by atoms with E-state index >= 15 is 0 Å². The van der Waals surface area contributed by atoms with Crippen LogP contribution in [-0.2, 0) is 19.1 Å². The molecule has 2 unspecified atom stereocenters. The monoisotopic (exact) mass is 295 g/mol. The van der Waals surface area contributed by atoms with Crippen LogP contribution in [0.1, 0.15) is 53.4 Å². The lowest BCUT2D eigenvalue weighted by Gasteiger charge is -2.16. The molecule has 0 aliphatic heterocycles. The number of carbonyl (C=O) groups is 2. The first-order chi connectivity index (χ1) is 8.40. The highest BCUT2D eigenvalue weighted by molar-refractivity contribution is 5.85. The summed E-state index contributed by atoms with van der Waals surface area (Å²) >= 11 is 0. The smallest absolute Gasteiger partial charge is 0.323 e. The third kappa shape index (κ3) is 9.73. The van der Waals surface area contributed by atoms with Crippen LogP contribution < -0.4 is 5.73 Å². The topological polar surface area (TPSA) is 78.6 Å². The summed E-state index contributed by atoms with van der Waals surface area (Å²) in [5, 5.41) is 0. The van der Waals surface area contributed by atoms with Gasteiger partial charge in [0.05, 0.1) is 12.2 Å². The number of ether oxygens (including phenoxy) is 2. The van der Waals surface area contributed by atoms with E-state index in [2.05, 4.69) is 0 Å². The number of carbonyl (C=O) groups excluding carboxylic acids is 2. The summed E-state index contributed by atoms with van der Waals surface area (Å²) in [7, 11) is 0. The molecule has 0 saturated carbocycles. The van der Waals surface area contributed by atoms with Crippen LogP contribution in [0.2, 0.25) is 0 Å². The maximum Gasteiger partial charge on any atom is 0.323 e. The SMILES string of the molecule is CCC(C)OC(=O)CC[C@H](N)C(=O)OC(C)CC.Cl. The Balaban J connectivity index is 0. The third-order valence-corrected chi connectivity index (χ3v) is 2.76. The van der Waals surface area contributed by atoms with Gasteiger partial charge in [-0.15, -0.1) is 12.4 Å². The molecule has 6 heteroatoms. The molecule has 0 aromatic carbocycles. The Hall–Kier alpha value is -0.810. The second-order valence-electron chi connectivity index (χ2n) is 4.51. The molecule has 5 nitrogen and oxygen atoms in total. The van der Waals surface area contributed by atoms with Crippen LogP contribution in [0.4, 0.5) is 0 Å². The van der Waals surface area contributed by atoms with Crippen LogP contribution in [0.15, 0.2) is 0 Å². The first kappa shape index (κ1) is 20.5. The molecule has 0 saturated heterocycles. The van der Waals surface area contributed by atoms with Gasteiger partial charge in [0.1, 0.15) is 6.04 Å². The molecule has 19 heavy (non-hydrogen) atoms. The van der Waals surface area contributed by atoms with Crippen molar-refractivity contribution in [2.45, 2.75) is 71.6 Å². The summed E-state index contributed by atoms with van der Waals surface area (Å²) in [6.07, 6.45) is 1.67. The first-order valence-corrected chi connectivity index (χ1v) is 6.56. The summed E-state index contributed by atoms with van der Waals surface area (Å²) in [5.41, 5.74) is 5.65. The number of esters is 2. The minimum atomic E-state index is -0.761. The quantitative estimate of drug-likeness (QED) is 0.695. The van der Waals surface area contributed by atoms with Crippen molar-refractivity contribution in [2.24, 2.45) is 5.73 Å². The van der Waals surface area contributed by atoms with Gasteiger partial charge in [0, 0.05) is 6.42 Å². The lowest BCUT2D eigenvalue weighted by atomic mass is 10.1. The molecule has 0 fully saturated rings. The highest BCUT2D eigenvalue weighted by Gasteiger charge is 2.19. The summed E-state index contributed by atoms with van der Waals surface area (Å²) in [5.74, 6) is -0.781. The van der Waals surface area contributed by atoms with Gasteiger partial charge in [0.25, 0.3) is 0 Å². The molecular formula is C13H26ClNO4. The molecule has 0 aliphatic carbocycles. The Morgan fingerprint density at radius 3 is 2.00 bits per heavy atom. The van der Waals surface area contributed by atoms with E-state index in [9.17, 15) is 9.59 Å². The van der Waals surface area contributed by atoms with Gasteiger partial charge in [-0.05, 0) is 33.1 Å². The summed E-state index contributed by atoms with van der Waals surface area (Å²) < 4.78 is 10.2. The van der Waals surface area contributed by atoms with E-state index in [0.29, 0.717) is 0 Å². The number of halogens is 1. The van der Waals surface area contributed by atoms with Crippen LogP contribution in [0.3, 0.4) is 0 Å². The number of rotatable bonds is 8. The Labute approximate surface area is 121 Å². The summed E-state index contributed by atoms with van der Waals surface area (Å²) in [4.78, 5) is 22.9. The van der Waals surface area contributed by atoms with E-state index in [0.717, 1.165) is 12.8 Å². The van der Waals surface area contributed by atoms with Crippen LogP contribution in [0.5, 0.6) is 0 Å². The number of nitrogens with two attached hydrogens (primary N) is 1. The van der Waals surface area contributed by atoms with Crippen molar-refractivity contribution in [1.82, 2.24) is 0 Å². The van der Waals surface area contributed by atoms with Crippen molar-refractivity contribution in [3.05, 3.63) is 0 Å². The second-order valence-corrected chi connectivity index (χ2v) is 4.51. The van der Waals surface area contributed by atoms with E-state index in [1.165, 1.54) is 0 Å². The fourth-order valence-corrected chi connectivity index (χ4v) is 1.13. The van der Waals surface area contributed by atoms with Gasteiger partial charge in [-0.25, -0.2) is 0 Å². The molecule has 0 heterocycles. The van der Waals surface area contributed by atoms with Gasteiger partial charge >= 0.3 is 11.9 Å². The molecule has 0 rings (SSSR count). The zero-order chi connectivity index (χ0) is 14.1. The fraction of sp³-hybridized carbons (Fsp3) is 0.846. The van der Waals surface area contributed by atoms with E-state index in [1.807, 2.05) is 27.7 Å². The van der Waals surface area contributed by atoms with Crippen LogP contribution >= 0.6 is 12.4 Å². The summed E-state index contributed by atoms with van der Waals surface area (Å²) in [6, 6.07) is -0.761. The van der Waals surface area contributed by atoms with E-state index in [-0.39, 0.29) is 43.4 Å².